The minimum absolute atomic E-state index is 0.0269. The molecule has 1 heterocycles. The number of rotatable bonds is 2. The summed E-state index contributed by atoms with van der Waals surface area (Å²) in [5.41, 5.74) is -0.351. The molecule has 0 fully saturated rings. The molecule has 0 N–H and O–H groups in total. The molecule has 82 valence electrons. The van der Waals surface area contributed by atoms with Crippen molar-refractivity contribution in [2.75, 3.05) is 0 Å². The van der Waals surface area contributed by atoms with Crippen LogP contribution in [0.4, 0.5) is 8.78 Å². The van der Waals surface area contributed by atoms with Crippen molar-refractivity contribution in [2.24, 2.45) is 0 Å². The van der Waals surface area contributed by atoms with E-state index < -0.39 is 17.4 Å². The molecule has 0 bridgehead atoms. The van der Waals surface area contributed by atoms with E-state index in [0.29, 0.717) is 0 Å². The van der Waals surface area contributed by atoms with Crippen LogP contribution in [-0.4, -0.2) is 5.78 Å². The monoisotopic (exact) mass is 286 g/mol. The van der Waals surface area contributed by atoms with Crippen LogP contribution in [0.3, 0.4) is 0 Å². The lowest BCUT2D eigenvalue weighted by Crippen LogP contribution is -2.04. The van der Waals surface area contributed by atoms with Crippen LogP contribution in [-0.2, 0) is 0 Å². The molecule has 0 atom stereocenters. The van der Waals surface area contributed by atoms with Gasteiger partial charge in [-0.3, -0.25) is 4.79 Å². The highest BCUT2D eigenvalue weighted by Crippen LogP contribution is 2.22. The fourth-order valence-corrected chi connectivity index (χ4v) is 1.55. The molecular weight excluding hydrogens is 282 g/mol. The Morgan fingerprint density at radius 2 is 2.00 bits per heavy atom. The van der Waals surface area contributed by atoms with E-state index in [-0.39, 0.29) is 15.8 Å². The third-order valence-corrected chi connectivity index (χ3v) is 2.61. The summed E-state index contributed by atoms with van der Waals surface area (Å²) in [7, 11) is 0. The average molecular weight is 287 g/mol. The van der Waals surface area contributed by atoms with Gasteiger partial charge in [0, 0.05) is 0 Å². The molecule has 1 aromatic carbocycles. The topological polar surface area (TPSA) is 30.2 Å². The van der Waals surface area contributed by atoms with Crippen LogP contribution in [0.5, 0.6) is 0 Å². The normalized spacial score (nSPS) is 10.4. The van der Waals surface area contributed by atoms with E-state index in [1.165, 1.54) is 18.4 Å². The standard InChI is InChI=1S/C11H5BrF2O2/c12-7-5-8(13)6(4-9(7)14)11(15)10-2-1-3-16-10/h1-5H. The molecule has 0 amide bonds. The molecule has 2 rings (SSSR count). The van der Waals surface area contributed by atoms with E-state index in [1.54, 1.807) is 0 Å². The molecule has 1 aromatic heterocycles. The van der Waals surface area contributed by atoms with Crippen LogP contribution >= 0.6 is 15.9 Å². The van der Waals surface area contributed by atoms with Gasteiger partial charge in [-0.2, -0.15) is 0 Å². The van der Waals surface area contributed by atoms with Crippen LogP contribution in [0, 0.1) is 11.6 Å². The van der Waals surface area contributed by atoms with Gasteiger partial charge in [-0.25, -0.2) is 8.78 Å². The maximum absolute atomic E-state index is 13.4. The first kappa shape index (κ1) is 11.0. The first-order chi connectivity index (χ1) is 7.59. The van der Waals surface area contributed by atoms with Crippen molar-refractivity contribution in [3.8, 4) is 0 Å². The van der Waals surface area contributed by atoms with Crippen molar-refractivity contribution in [2.45, 2.75) is 0 Å². The summed E-state index contributed by atoms with van der Waals surface area (Å²) in [4.78, 5) is 11.7. The highest BCUT2D eigenvalue weighted by Gasteiger charge is 2.18. The molecule has 0 aliphatic carbocycles. The van der Waals surface area contributed by atoms with E-state index >= 15 is 0 Å². The summed E-state index contributed by atoms with van der Waals surface area (Å²) in [6.45, 7) is 0. The Labute approximate surface area is 98.0 Å². The molecule has 0 unspecified atom stereocenters. The van der Waals surface area contributed by atoms with Gasteiger partial charge in [0.25, 0.3) is 0 Å². The van der Waals surface area contributed by atoms with Crippen molar-refractivity contribution >= 4 is 21.7 Å². The van der Waals surface area contributed by atoms with E-state index in [2.05, 4.69) is 15.9 Å². The third kappa shape index (κ3) is 1.90. The van der Waals surface area contributed by atoms with Crippen molar-refractivity contribution < 1.29 is 18.0 Å². The summed E-state index contributed by atoms with van der Waals surface area (Å²) < 4.78 is 31.4. The van der Waals surface area contributed by atoms with Crippen LogP contribution in [0.25, 0.3) is 0 Å². The lowest BCUT2D eigenvalue weighted by Gasteiger charge is -2.01. The predicted molar refractivity (Wildman–Crippen MR) is 56.2 cm³/mol. The van der Waals surface area contributed by atoms with Gasteiger partial charge < -0.3 is 4.42 Å². The number of hydrogen-bond donors (Lipinski definition) is 0. The summed E-state index contributed by atoms with van der Waals surface area (Å²) in [5.74, 6) is -2.21. The number of hydrogen-bond acceptors (Lipinski definition) is 2. The zero-order chi connectivity index (χ0) is 11.7. The van der Waals surface area contributed by atoms with E-state index in [4.69, 9.17) is 4.42 Å². The minimum atomic E-state index is -0.797. The van der Waals surface area contributed by atoms with Crippen LogP contribution in [0.15, 0.2) is 39.4 Å². The number of ketones is 1. The second-order valence-corrected chi connectivity index (χ2v) is 3.91. The Morgan fingerprint density at radius 1 is 1.25 bits per heavy atom. The highest BCUT2D eigenvalue weighted by atomic mass is 79.9. The maximum Gasteiger partial charge on any atom is 0.231 e. The van der Waals surface area contributed by atoms with Gasteiger partial charge in [0.2, 0.25) is 5.78 Å². The molecule has 0 radical (unpaired) electrons. The van der Waals surface area contributed by atoms with Crippen molar-refractivity contribution in [3.63, 3.8) is 0 Å². The van der Waals surface area contributed by atoms with Gasteiger partial charge in [-0.15, -0.1) is 0 Å². The fraction of sp³-hybridized carbons (Fsp3) is 0. The Morgan fingerprint density at radius 3 is 2.62 bits per heavy atom. The second-order valence-electron chi connectivity index (χ2n) is 3.05. The van der Waals surface area contributed by atoms with E-state index in [0.717, 1.165) is 12.1 Å². The van der Waals surface area contributed by atoms with Gasteiger partial charge in [-0.1, -0.05) is 0 Å². The molecule has 0 aliphatic rings. The van der Waals surface area contributed by atoms with E-state index in [1.807, 2.05) is 0 Å². The van der Waals surface area contributed by atoms with Crippen molar-refractivity contribution in [1.82, 2.24) is 0 Å². The number of carbonyl (C=O) groups is 1. The number of furan rings is 1. The summed E-state index contributed by atoms with van der Waals surface area (Å²) >= 11 is 2.83. The van der Waals surface area contributed by atoms with Crippen LogP contribution in [0.2, 0.25) is 0 Å². The van der Waals surface area contributed by atoms with E-state index in [9.17, 15) is 13.6 Å². The van der Waals surface area contributed by atoms with Gasteiger partial charge in [0.1, 0.15) is 11.6 Å². The lowest BCUT2D eigenvalue weighted by molar-refractivity contribution is 0.100. The molecular formula is C11H5BrF2O2. The Balaban J connectivity index is 2.49. The van der Waals surface area contributed by atoms with Crippen LogP contribution < -0.4 is 0 Å². The smallest absolute Gasteiger partial charge is 0.231 e. The largest absolute Gasteiger partial charge is 0.461 e. The molecule has 2 nitrogen and oxygen atoms in total. The molecule has 2 aromatic rings. The third-order valence-electron chi connectivity index (χ3n) is 2.00. The minimum Gasteiger partial charge on any atom is -0.461 e. The quantitative estimate of drug-likeness (QED) is 0.624. The summed E-state index contributed by atoms with van der Waals surface area (Å²) in [6.07, 6.45) is 1.29. The SMILES string of the molecule is O=C(c1ccco1)c1cc(F)c(Br)cc1F. The number of halogens is 3. The highest BCUT2D eigenvalue weighted by molar-refractivity contribution is 9.10. The van der Waals surface area contributed by atoms with Crippen molar-refractivity contribution in [3.05, 3.63) is 58.0 Å². The molecule has 0 saturated carbocycles. The van der Waals surface area contributed by atoms with Gasteiger partial charge in [0.15, 0.2) is 5.76 Å². The van der Waals surface area contributed by atoms with Gasteiger partial charge >= 0.3 is 0 Å². The van der Waals surface area contributed by atoms with Crippen molar-refractivity contribution in [1.29, 1.82) is 0 Å². The molecule has 16 heavy (non-hydrogen) atoms. The maximum atomic E-state index is 13.4. The molecule has 0 spiro atoms. The first-order valence-corrected chi connectivity index (χ1v) is 5.11. The van der Waals surface area contributed by atoms with Gasteiger partial charge in [-0.05, 0) is 40.2 Å². The Hall–Kier alpha value is -1.49. The second kappa shape index (κ2) is 4.17. The lowest BCUT2D eigenvalue weighted by atomic mass is 10.1. The Kier molecular flexibility index (Phi) is 2.87. The van der Waals surface area contributed by atoms with Crippen LogP contribution in [0.1, 0.15) is 16.1 Å². The number of benzene rings is 1. The molecule has 0 aliphatic heterocycles. The summed E-state index contributed by atoms with van der Waals surface area (Å²) in [5, 5.41) is 0. The average Bonchev–Trinajstić information content (AvgIpc) is 2.75. The molecule has 0 saturated heterocycles. The first-order valence-electron chi connectivity index (χ1n) is 4.32. The summed E-state index contributed by atoms with van der Waals surface area (Å²) in [6, 6.07) is 4.64. The van der Waals surface area contributed by atoms with Gasteiger partial charge in [0.05, 0.1) is 16.3 Å². The zero-order valence-electron chi connectivity index (χ0n) is 7.84. The Bertz CT molecular complexity index is 535. The predicted octanol–water partition coefficient (Wildman–Crippen LogP) is 3.55. The molecule has 5 heteroatoms. The number of carbonyl (C=O) groups excluding carboxylic acids is 1. The zero-order valence-corrected chi connectivity index (χ0v) is 9.42. The fourth-order valence-electron chi connectivity index (χ4n) is 1.24.